The smallest absolute Gasteiger partial charge is 0.246 e. The first-order valence-electron chi connectivity index (χ1n) is 11.7. The SMILES string of the molecule is CC1CC(CN2N=C(OC3CCC3)C3CCC(S(=O)(=O)NC4(C)CC4)CC3C2=O)ON1. The van der Waals surface area contributed by atoms with Gasteiger partial charge in [-0.25, -0.2) is 18.1 Å². The Hall–Kier alpha value is -1.23. The van der Waals surface area contributed by atoms with Crippen molar-refractivity contribution in [2.75, 3.05) is 6.54 Å². The number of sulfonamides is 1. The van der Waals surface area contributed by atoms with Gasteiger partial charge in [-0.1, -0.05) is 0 Å². The molecule has 5 rings (SSSR count). The molecule has 4 fully saturated rings. The summed E-state index contributed by atoms with van der Waals surface area (Å²) < 4.78 is 35.1. The molecule has 3 aliphatic carbocycles. The average Bonchev–Trinajstić information content (AvgIpc) is 3.25. The molecule has 2 aliphatic heterocycles. The molecule has 0 aromatic carbocycles. The lowest BCUT2D eigenvalue weighted by molar-refractivity contribution is -0.142. The Balaban J connectivity index is 1.34. The molecule has 0 aromatic rings. The van der Waals surface area contributed by atoms with Gasteiger partial charge in [0, 0.05) is 17.5 Å². The summed E-state index contributed by atoms with van der Waals surface area (Å²) in [6.45, 7) is 4.33. The van der Waals surface area contributed by atoms with Crippen LogP contribution in [0.25, 0.3) is 0 Å². The summed E-state index contributed by atoms with van der Waals surface area (Å²) in [6, 6.07) is 0.228. The normalized spacial score (nSPS) is 37.7. The maximum absolute atomic E-state index is 13.4. The molecule has 10 heteroatoms. The molecule has 5 aliphatic rings. The summed E-state index contributed by atoms with van der Waals surface area (Å²) in [7, 11) is -3.47. The molecule has 5 unspecified atom stereocenters. The number of amides is 1. The summed E-state index contributed by atoms with van der Waals surface area (Å²) in [5, 5.41) is 5.54. The number of hydrogen-bond acceptors (Lipinski definition) is 7. The van der Waals surface area contributed by atoms with E-state index in [9.17, 15) is 13.2 Å². The van der Waals surface area contributed by atoms with E-state index in [4.69, 9.17) is 9.57 Å². The van der Waals surface area contributed by atoms with E-state index in [0.29, 0.717) is 31.7 Å². The second kappa shape index (κ2) is 7.97. The van der Waals surface area contributed by atoms with E-state index < -0.39 is 21.2 Å². The third kappa shape index (κ3) is 4.49. The molecule has 31 heavy (non-hydrogen) atoms. The van der Waals surface area contributed by atoms with Crippen LogP contribution in [0.4, 0.5) is 0 Å². The molecule has 174 valence electrons. The first-order chi connectivity index (χ1) is 14.7. The van der Waals surface area contributed by atoms with Crippen molar-refractivity contribution < 1.29 is 22.8 Å². The van der Waals surface area contributed by atoms with Gasteiger partial charge in [-0.05, 0) is 71.6 Å². The van der Waals surface area contributed by atoms with E-state index in [2.05, 4.69) is 15.3 Å². The predicted molar refractivity (Wildman–Crippen MR) is 114 cm³/mol. The maximum Gasteiger partial charge on any atom is 0.246 e. The zero-order valence-corrected chi connectivity index (χ0v) is 19.2. The number of hydrogen-bond donors (Lipinski definition) is 2. The average molecular weight is 455 g/mol. The fraction of sp³-hybridized carbons (Fsp3) is 0.905. The van der Waals surface area contributed by atoms with Crippen LogP contribution in [0.2, 0.25) is 0 Å². The molecule has 0 spiro atoms. The molecule has 0 aromatic heterocycles. The van der Waals surface area contributed by atoms with Crippen molar-refractivity contribution in [3.05, 3.63) is 0 Å². The lowest BCUT2D eigenvalue weighted by Crippen LogP contribution is -2.53. The van der Waals surface area contributed by atoms with Crippen LogP contribution in [0.5, 0.6) is 0 Å². The number of hydroxylamine groups is 1. The minimum absolute atomic E-state index is 0.105. The van der Waals surface area contributed by atoms with E-state index in [-0.39, 0.29) is 35.6 Å². The highest BCUT2D eigenvalue weighted by atomic mass is 32.2. The van der Waals surface area contributed by atoms with Crippen molar-refractivity contribution in [2.24, 2.45) is 16.9 Å². The molecule has 2 N–H and O–H groups in total. The van der Waals surface area contributed by atoms with E-state index in [1.165, 1.54) is 5.01 Å². The first-order valence-corrected chi connectivity index (χ1v) is 13.3. The number of rotatable bonds is 6. The summed E-state index contributed by atoms with van der Waals surface area (Å²) in [6.07, 6.45) is 7.20. The molecule has 2 heterocycles. The number of carbonyl (C=O) groups is 1. The summed E-state index contributed by atoms with van der Waals surface area (Å²) in [5.41, 5.74) is 2.64. The van der Waals surface area contributed by atoms with Crippen molar-refractivity contribution in [1.29, 1.82) is 0 Å². The molecule has 9 nitrogen and oxygen atoms in total. The van der Waals surface area contributed by atoms with E-state index in [1.54, 1.807) is 0 Å². The lowest BCUT2D eigenvalue weighted by Gasteiger charge is -2.42. The highest BCUT2D eigenvalue weighted by Crippen LogP contribution is 2.41. The Kier molecular flexibility index (Phi) is 5.55. The van der Waals surface area contributed by atoms with Crippen LogP contribution in [-0.4, -0.2) is 60.8 Å². The number of carbonyl (C=O) groups excluding carboxylic acids is 1. The van der Waals surface area contributed by atoms with Gasteiger partial charge in [0.25, 0.3) is 0 Å². The van der Waals surface area contributed by atoms with Crippen LogP contribution >= 0.6 is 0 Å². The van der Waals surface area contributed by atoms with Crippen LogP contribution in [-0.2, 0) is 24.4 Å². The maximum atomic E-state index is 13.4. The Morgan fingerprint density at radius 1 is 1.23 bits per heavy atom. The van der Waals surface area contributed by atoms with Crippen molar-refractivity contribution in [3.8, 4) is 0 Å². The zero-order chi connectivity index (χ0) is 21.8. The van der Waals surface area contributed by atoms with Crippen LogP contribution < -0.4 is 10.2 Å². The van der Waals surface area contributed by atoms with Crippen LogP contribution in [0.15, 0.2) is 5.10 Å². The van der Waals surface area contributed by atoms with Gasteiger partial charge in [0.05, 0.1) is 17.7 Å². The topological polar surface area (TPSA) is 109 Å². The van der Waals surface area contributed by atoms with Gasteiger partial charge in [0.2, 0.25) is 21.8 Å². The quantitative estimate of drug-likeness (QED) is 0.632. The van der Waals surface area contributed by atoms with Crippen LogP contribution in [0.1, 0.15) is 71.6 Å². The molecule has 0 bridgehead atoms. The standard InChI is InChI=1S/C21H34N4O5S/c1-13-10-15(30-23-13)12-25-20(26)18-11-16(31(27,28)24-21(2)8-9-21)6-7-17(18)19(22-25)29-14-4-3-5-14/h13-18,23-24H,3-12H2,1-2H3. The zero-order valence-electron chi connectivity index (χ0n) is 18.4. The molecule has 0 radical (unpaired) electrons. The van der Waals surface area contributed by atoms with Crippen LogP contribution in [0.3, 0.4) is 0 Å². The van der Waals surface area contributed by atoms with Gasteiger partial charge in [-0.15, -0.1) is 5.10 Å². The summed E-state index contributed by atoms with van der Waals surface area (Å²) >= 11 is 0. The fourth-order valence-corrected chi connectivity index (χ4v) is 7.01. The van der Waals surface area contributed by atoms with Gasteiger partial charge < -0.3 is 4.74 Å². The molecular weight excluding hydrogens is 420 g/mol. The van der Waals surface area contributed by atoms with Crippen LogP contribution in [0, 0.1) is 11.8 Å². The molecular formula is C21H34N4O5S. The lowest BCUT2D eigenvalue weighted by atomic mass is 9.77. The van der Waals surface area contributed by atoms with Gasteiger partial charge in [-0.2, -0.15) is 5.48 Å². The minimum atomic E-state index is -3.47. The van der Waals surface area contributed by atoms with E-state index in [1.807, 2.05) is 13.8 Å². The number of fused-ring (bicyclic) bond motifs is 1. The second-order valence-electron chi connectivity index (χ2n) is 10.4. The first kappa shape index (κ1) is 21.6. The van der Waals surface area contributed by atoms with Crippen molar-refractivity contribution in [2.45, 2.75) is 101 Å². The number of nitrogens with zero attached hydrogens (tertiary/aromatic N) is 2. The number of ether oxygens (including phenoxy) is 1. The monoisotopic (exact) mass is 454 g/mol. The van der Waals surface area contributed by atoms with Crippen molar-refractivity contribution in [3.63, 3.8) is 0 Å². The molecule has 5 atom stereocenters. The highest BCUT2D eigenvalue weighted by Gasteiger charge is 2.50. The van der Waals surface area contributed by atoms with Gasteiger partial charge in [0.15, 0.2) is 0 Å². The van der Waals surface area contributed by atoms with Gasteiger partial charge >= 0.3 is 0 Å². The van der Waals surface area contributed by atoms with Gasteiger partial charge in [-0.3, -0.25) is 9.63 Å². The van der Waals surface area contributed by atoms with E-state index >= 15 is 0 Å². The van der Waals surface area contributed by atoms with Crippen molar-refractivity contribution >= 4 is 21.8 Å². The molecule has 1 saturated heterocycles. The third-order valence-corrected chi connectivity index (χ3v) is 9.59. The Labute approximate surface area is 184 Å². The summed E-state index contributed by atoms with van der Waals surface area (Å²) in [4.78, 5) is 19.0. The largest absolute Gasteiger partial charge is 0.476 e. The molecule has 1 amide bonds. The van der Waals surface area contributed by atoms with E-state index in [0.717, 1.165) is 38.5 Å². The number of nitrogens with one attached hydrogen (secondary N) is 2. The second-order valence-corrected chi connectivity index (χ2v) is 12.3. The Morgan fingerprint density at radius 3 is 2.61 bits per heavy atom. The van der Waals surface area contributed by atoms with Crippen molar-refractivity contribution in [1.82, 2.24) is 15.2 Å². The van der Waals surface area contributed by atoms with Gasteiger partial charge in [0.1, 0.15) is 12.2 Å². The minimum Gasteiger partial charge on any atom is -0.476 e. The summed E-state index contributed by atoms with van der Waals surface area (Å²) in [5.74, 6) is -0.0338. The third-order valence-electron chi connectivity index (χ3n) is 7.51. The molecule has 3 saturated carbocycles. The Bertz CT molecular complexity index is 854. The fourth-order valence-electron chi connectivity index (χ4n) is 5.04. The Morgan fingerprint density at radius 2 is 2.00 bits per heavy atom. The predicted octanol–water partition coefficient (Wildman–Crippen LogP) is 1.65. The highest BCUT2D eigenvalue weighted by molar-refractivity contribution is 7.90. The number of hydrazone groups is 1.